The Labute approximate surface area is 88.5 Å². The second-order valence-corrected chi connectivity index (χ2v) is 3.96. The molecule has 0 aromatic heterocycles. The van der Waals surface area contributed by atoms with Crippen molar-refractivity contribution in [1.82, 2.24) is 5.32 Å². The fraction of sp³-hybridized carbons (Fsp3) is 0.417. The summed E-state index contributed by atoms with van der Waals surface area (Å²) < 4.78 is 12.7. The van der Waals surface area contributed by atoms with Crippen LogP contribution in [-0.4, -0.2) is 12.5 Å². The number of piperidine rings is 1. The standard InChI is InChI=1S/C12H14FNO/c13-11-5-3-9(4-6-11)8-10-2-1-7-14-12(10)15/h3-6,10H,1-2,7-8H2,(H,14,15)/t10-/m0/s1. The molecule has 1 fully saturated rings. The van der Waals surface area contributed by atoms with Crippen LogP contribution < -0.4 is 5.32 Å². The van der Waals surface area contributed by atoms with Crippen LogP contribution in [0.25, 0.3) is 0 Å². The highest BCUT2D eigenvalue weighted by Gasteiger charge is 2.21. The van der Waals surface area contributed by atoms with Gasteiger partial charge in [-0.1, -0.05) is 12.1 Å². The van der Waals surface area contributed by atoms with Crippen molar-refractivity contribution in [3.63, 3.8) is 0 Å². The Morgan fingerprint density at radius 3 is 2.73 bits per heavy atom. The first-order valence-electron chi connectivity index (χ1n) is 5.28. The van der Waals surface area contributed by atoms with Gasteiger partial charge in [0.2, 0.25) is 5.91 Å². The maximum Gasteiger partial charge on any atom is 0.223 e. The minimum absolute atomic E-state index is 0.0595. The zero-order chi connectivity index (χ0) is 10.7. The third kappa shape index (κ3) is 2.55. The number of halogens is 1. The van der Waals surface area contributed by atoms with Gasteiger partial charge in [-0.2, -0.15) is 0 Å². The van der Waals surface area contributed by atoms with E-state index >= 15 is 0 Å². The number of carbonyl (C=O) groups excluding carboxylic acids is 1. The van der Waals surface area contributed by atoms with E-state index in [0.717, 1.165) is 24.9 Å². The van der Waals surface area contributed by atoms with Gasteiger partial charge in [-0.05, 0) is 37.0 Å². The normalized spacial score (nSPS) is 21.1. The Morgan fingerprint density at radius 2 is 2.07 bits per heavy atom. The molecule has 0 saturated carbocycles. The van der Waals surface area contributed by atoms with Gasteiger partial charge in [-0.25, -0.2) is 4.39 Å². The summed E-state index contributed by atoms with van der Waals surface area (Å²) in [4.78, 5) is 11.5. The number of benzene rings is 1. The lowest BCUT2D eigenvalue weighted by atomic mass is 9.91. The zero-order valence-corrected chi connectivity index (χ0v) is 8.50. The third-order valence-corrected chi connectivity index (χ3v) is 2.79. The SMILES string of the molecule is O=C1NCCC[C@H]1Cc1ccc(F)cc1. The first-order chi connectivity index (χ1) is 7.25. The monoisotopic (exact) mass is 207 g/mol. The Morgan fingerprint density at radius 1 is 1.33 bits per heavy atom. The van der Waals surface area contributed by atoms with Gasteiger partial charge >= 0.3 is 0 Å². The summed E-state index contributed by atoms with van der Waals surface area (Å²) in [5.74, 6) is -0.0402. The summed E-state index contributed by atoms with van der Waals surface area (Å²) >= 11 is 0. The summed E-state index contributed by atoms with van der Waals surface area (Å²) in [6.45, 7) is 0.790. The van der Waals surface area contributed by atoms with Gasteiger partial charge in [0, 0.05) is 12.5 Å². The van der Waals surface area contributed by atoms with Crippen LogP contribution in [0.1, 0.15) is 18.4 Å². The van der Waals surface area contributed by atoms with Crippen LogP contribution in [0.15, 0.2) is 24.3 Å². The Hall–Kier alpha value is -1.38. The summed E-state index contributed by atoms with van der Waals surface area (Å²) in [6.07, 6.45) is 2.69. The molecule has 1 heterocycles. The molecule has 1 saturated heterocycles. The second-order valence-electron chi connectivity index (χ2n) is 3.96. The molecule has 0 aliphatic carbocycles. The quantitative estimate of drug-likeness (QED) is 0.788. The minimum atomic E-state index is -0.230. The molecule has 1 aromatic rings. The number of amides is 1. The number of hydrogen-bond donors (Lipinski definition) is 1. The van der Waals surface area contributed by atoms with Crippen molar-refractivity contribution >= 4 is 5.91 Å². The molecule has 1 N–H and O–H groups in total. The van der Waals surface area contributed by atoms with Crippen LogP contribution in [0, 0.1) is 11.7 Å². The Balaban J connectivity index is 2.01. The van der Waals surface area contributed by atoms with E-state index in [0.29, 0.717) is 6.42 Å². The molecule has 80 valence electrons. The fourth-order valence-electron chi connectivity index (χ4n) is 1.94. The molecular weight excluding hydrogens is 193 g/mol. The van der Waals surface area contributed by atoms with Gasteiger partial charge in [0.05, 0.1) is 0 Å². The molecule has 2 nitrogen and oxygen atoms in total. The molecule has 3 heteroatoms. The van der Waals surface area contributed by atoms with E-state index in [4.69, 9.17) is 0 Å². The van der Waals surface area contributed by atoms with Crippen molar-refractivity contribution in [3.8, 4) is 0 Å². The first kappa shape index (κ1) is 10.1. The predicted molar refractivity (Wildman–Crippen MR) is 55.8 cm³/mol. The largest absolute Gasteiger partial charge is 0.356 e. The highest BCUT2D eigenvalue weighted by molar-refractivity contribution is 5.79. The molecule has 0 bridgehead atoms. The number of rotatable bonds is 2. The fourth-order valence-corrected chi connectivity index (χ4v) is 1.94. The van der Waals surface area contributed by atoms with Gasteiger partial charge in [0.25, 0.3) is 0 Å². The Kier molecular flexibility index (Phi) is 2.99. The van der Waals surface area contributed by atoms with E-state index < -0.39 is 0 Å². The molecule has 1 atom stereocenters. The van der Waals surface area contributed by atoms with Crippen molar-refractivity contribution in [3.05, 3.63) is 35.6 Å². The summed E-state index contributed by atoms with van der Waals surface area (Å²) in [6, 6.07) is 6.38. The molecule has 1 aliphatic rings. The van der Waals surface area contributed by atoms with Gasteiger partial charge in [-0.3, -0.25) is 4.79 Å². The van der Waals surface area contributed by atoms with E-state index in [2.05, 4.69) is 5.32 Å². The van der Waals surface area contributed by atoms with E-state index in [1.54, 1.807) is 12.1 Å². The van der Waals surface area contributed by atoms with Crippen molar-refractivity contribution in [2.24, 2.45) is 5.92 Å². The average Bonchev–Trinajstić information content (AvgIpc) is 2.25. The lowest BCUT2D eigenvalue weighted by Crippen LogP contribution is -2.37. The van der Waals surface area contributed by atoms with Crippen LogP contribution in [0.5, 0.6) is 0 Å². The van der Waals surface area contributed by atoms with Crippen LogP contribution >= 0.6 is 0 Å². The van der Waals surface area contributed by atoms with E-state index in [-0.39, 0.29) is 17.6 Å². The van der Waals surface area contributed by atoms with Crippen molar-refractivity contribution in [1.29, 1.82) is 0 Å². The molecule has 0 radical (unpaired) electrons. The zero-order valence-electron chi connectivity index (χ0n) is 8.50. The lowest BCUT2D eigenvalue weighted by molar-refractivity contribution is -0.126. The molecular formula is C12H14FNO. The first-order valence-corrected chi connectivity index (χ1v) is 5.28. The number of nitrogens with one attached hydrogen (secondary N) is 1. The molecule has 1 aliphatic heterocycles. The van der Waals surface area contributed by atoms with Gasteiger partial charge in [0.1, 0.15) is 5.82 Å². The maximum absolute atomic E-state index is 12.7. The van der Waals surface area contributed by atoms with E-state index in [1.807, 2.05) is 0 Å². The highest BCUT2D eigenvalue weighted by Crippen LogP contribution is 2.17. The topological polar surface area (TPSA) is 29.1 Å². The molecule has 0 unspecified atom stereocenters. The van der Waals surface area contributed by atoms with Crippen LogP contribution in [0.2, 0.25) is 0 Å². The lowest BCUT2D eigenvalue weighted by Gasteiger charge is -2.21. The summed E-state index contributed by atoms with van der Waals surface area (Å²) in [7, 11) is 0. The van der Waals surface area contributed by atoms with E-state index in [9.17, 15) is 9.18 Å². The molecule has 1 aromatic carbocycles. The second kappa shape index (κ2) is 4.43. The van der Waals surface area contributed by atoms with Crippen LogP contribution in [-0.2, 0) is 11.2 Å². The smallest absolute Gasteiger partial charge is 0.223 e. The third-order valence-electron chi connectivity index (χ3n) is 2.79. The average molecular weight is 207 g/mol. The number of carbonyl (C=O) groups is 1. The van der Waals surface area contributed by atoms with Crippen LogP contribution in [0.4, 0.5) is 4.39 Å². The number of hydrogen-bond acceptors (Lipinski definition) is 1. The van der Waals surface area contributed by atoms with E-state index in [1.165, 1.54) is 12.1 Å². The minimum Gasteiger partial charge on any atom is -0.356 e. The van der Waals surface area contributed by atoms with Crippen molar-refractivity contribution < 1.29 is 9.18 Å². The maximum atomic E-state index is 12.7. The predicted octanol–water partition coefficient (Wildman–Crippen LogP) is 1.89. The Bertz CT molecular complexity index is 347. The molecule has 15 heavy (non-hydrogen) atoms. The molecule has 1 amide bonds. The van der Waals surface area contributed by atoms with Gasteiger partial charge in [0.15, 0.2) is 0 Å². The van der Waals surface area contributed by atoms with Gasteiger partial charge in [-0.15, -0.1) is 0 Å². The molecule has 0 spiro atoms. The van der Waals surface area contributed by atoms with Crippen molar-refractivity contribution in [2.75, 3.05) is 6.54 Å². The highest BCUT2D eigenvalue weighted by atomic mass is 19.1. The van der Waals surface area contributed by atoms with Gasteiger partial charge < -0.3 is 5.32 Å². The summed E-state index contributed by atoms with van der Waals surface area (Å²) in [5, 5.41) is 2.85. The summed E-state index contributed by atoms with van der Waals surface area (Å²) in [5.41, 5.74) is 1.03. The van der Waals surface area contributed by atoms with Crippen LogP contribution in [0.3, 0.4) is 0 Å². The van der Waals surface area contributed by atoms with Crippen molar-refractivity contribution in [2.45, 2.75) is 19.3 Å². The molecule has 2 rings (SSSR count).